The van der Waals surface area contributed by atoms with Crippen molar-refractivity contribution in [2.24, 2.45) is 5.92 Å². The second kappa shape index (κ2) is 6.36. The van der Waals surface area contributed by atoms with Crippen molar-refractivity contribution >= 4 is 25.6 Å². The second-order valence-electron chi connectivity index (χ2n) is 5.70. The molecule has 6 heteroatoms. The molecule has 0 aromatic heterocycles. The predicted molar refractivity (Wildman–Crippen MR) is 83.1 cm³/mol. The van der Waals surface area contributed by atoms with E-state index in [1.54, 1.807) is 12.1 Å². The molecule has 0 aliphatic heterocycles. The van der Waals surface area contributed by atoms with E-state index in [1.165, 1.54) is 6.07 Å². The third-order valence-corrected chi connectivity index (χ3v) is 5.41. The molecular formula is C15H20ClNO3S. The fraction of sp³-hybridized carbons (Fsp3) is 0.533. The maximum absolute atomic E-state index is 12.2. The number of carbonyl (C=O) groups is 1. The van der Waals surface area contributed by atoms with Gasteiger partial charge in [0.25, 0.3) is 15.0 Å². The van der Waals surface area contributed by atoms with Crippen molar-refractivity contribution in [1.29, 1.82) is 0 Å². The van der Waals surface area contributed by atoms with Crippen molar-refractivity contribution in [3.05, 3.63) is 29.3 Å². The van der Waals surface area contributed by atoms with Crippen LogP contribution in [0.2, 0.25) is 0 Å². The van der Waals surface area contributed by atoms with Crippen molar-refractivity contribution in [1.82, 2.24) is 5.32 Å². The van der Waals surface area contributed by atoms with Crippen LogP contribution >= 0.6 is 10.7 Å². The van der Waals surface area contributed by atoms with Crippen LogP contribution < -0.4 is 5.32 Å². The minimum Gasteiger partial charge on any atom is -0.349 e. The lowest BCUT2D eigenvalue weighted by molar-refractivity contribution is 0.0937. The molecule has 0 heterocycles. The first-order valence-corrected chi connectivity index (χ1v) is 9.50. The van der Waals surface area contributed by atoms with Crippen molar-refractivity contribution in [2.45, 2.75) is 50.5 Å². The smallest absolute Gasteiger partial charge is 0.261 e. The Morgan fingerprint density at radius 3 is 2.62 bits per heavy atom. The highest BCUT2D eigenvalue weighted by atomic mass is 35.7. The Hall–Kier alpha value is -1.07. The number of nitrogens with one attached hydrogen (secondary N) is 1. The van der Waals surface area contributed by atoms with Gasteiger partial charge in [-0.2, -0.15) is 0 Å². The molecule has 2 atom stereocenters. The summed E-state index contributed by atoms with van der Waals surface area (Å²) in [4.78, 5) is 12.3. The molecule has 1 aromatic rings. The molecule has 1 N–H and O–H groups in total. The zero-order chi connectivity index (χ0) is 15.6. The Kier molecular flexibility index (Phi) is 4.94. The normalized spacial score (nSPS) is 22.2. The van der Waals surface area contributed by atoms with Crippen molar-refractivity contribution in [3.63, 3.8) is 0 Å². The number of aryl methyl sites for hydroxylation is 1. The van der Waals surface area contributed by atoms with Gasteiger partial charge in [-0.3, -0.25) is 4.79 Å². The van der Waals surface area contributed by atoms with Crippen LogP contribution in [0.15, 0.2) is 23.1 Å². The van der Waals surface area contributed by atoms with E-state index in [9.17, 15) is 13.2 Å². The minimum atomic E-state index is -3.85. The predicted octanol–water partition coefficient (Wildman–Crippen LogP) is 3.09. The minimum absolute atomic E-state index is 0.0270. The Labute approximate surface area is 130 Å². The van der Waals surface area contributed by atoms with Crippen LogP contribution in [0, 0.1) is 5.92 Å². The molecule has 1 aromatic carbocycles. The summed E-state index contributed by atoms with van der Waals surface area (Å²) >= 11 is 0. The van der Waals surface area contributed by atoms with E-state index in [4.69, 9.17) is 10.7 Å². The highest BCUT2D eigenvalue weighted by molar-refractivity contribution is 8.13. The van der Waals surface area contributed by atoms with Gasteiger partial charge < -0.3 is 5.32 Å². The maximum atomic E-state index is 12.2. The van der Waals surface area contributed by atoms with Crippen molar-refractivity contribution in [2.75, 3.05) is 0 Å². The Morgan fingerprint density at radius 1 is 1.38 bits per heavy atom. The first-order valence-electron chi connectivity index (χ1n) is 7.19. The third-order valence-electron chi connectivity index (χ3n) is 4.00. The topological polar surface area (TPSA) is 63.2 Å². The van der Waals surface area contributed by atoms with Crippen LogP contribution in [0.4, 0.5) is 0 Å². The number of halogens is 1. The molecule has 4 nitrogen and oxygen atoms in total. The fourth-order valence-corrected chi connectivity index (χ4v) is 4.05. The van der Waals surface area contributed by atoms with Gasteiger partial charge in [0, 0.05) is 22.3 Å². The molecule has 1 aliphatic rings. The first-order chi connectivity index (χ1) is 9.81. The number of amides is 1. The van der Waals surface area contributed by atoms with Crippen LogP contribution in [-0.4, -0.2) is 20.4 Å². The lowest BCUT2D eigenvalue weighted by Gasteiger charge is -2.13. The fourth-order valence-electron chi connectivity index (χ4n) is 2.82. The monoisotopic (exact) mass is 329 g/mol. The van der Waals surface area contributed by atoms with E-state index in [0.29, 0.717) is 23.5 Å². The van der Waals surface area contributed by atoms with Crippen LogP contribution in [-0.2, 0) is 15.5 Å². The van der Waals surface area contributed by atoms with Crippen molar-refractivity contribution in [3.8, 4) is 0 Å². The molecule has 0 radical (unpaired) electrons. The van der Waals surface area contributed by atoms with Crippen LogP contribution in [0.5, 0.6) is 0 Å². The highest BCUT2D eigenvalue weighted by Gasteiger charge is 2.24. The van der Waals surface area contributed by atoms with E-state index in [0.717, 1.165) is 19.3 Å². The highest BCUT2D eigenvalue weighted by Crippen LogP contribution is 2.26. The summed E-state index contributed by atoms with van der Waals surface area (Å²) in [7, 11) is 1.60. The molecule has 2 unspecified atom stereocenters. The molecular weight excluding hydrogens is 310 g/mol. The summed E-state index contributed by atoms with van der Waals surface area (Å²) in [5.74, 6) is 0.384. The van der Waals surface area contributed by atoms with Gasteiger partial charge in [0.05, 0.1) is 4.90 Å². The molecule has 1 fully saturated rings. The number of carbonyl (C=O) groups excluding carboxylic acids is 1. The standard InChI is InChI=1S/C15H20ClNO3S/c1-3-11-5-6-12(9-14(11)21(16,19)20)15(18)17-13-7-4-10(2)8-13/h5-6,9-10,13H,3-4,7-8H2,1-2H3,(H,17,18). The third kappa shape index (κ3) is 3.98. The van der Waals surface area contributed by atoms with Gasteiger partial charge in [0.1, 0.15) is 0 Å². The molecule has 1 aliphatic carbocycles. The molecule has 1 saturated carbocycles. The van der Waals surface area contributed by atoms with Gasteiger partial charge >= 0.3 is 0 Å². The zero-order valence-electron chi connectivity index (χ0n) is 12.2. The zero-order valence-corrected chi connectivity index (χ0v) is 13.8. The second-order valence-corrected chi connectivity index (χ2v) is 8.24. The molecule has 1 amide bonds. The van der Waals surface area contributed by atoms with Gasteiger partial charge in [0.15, 0.2) is 0 Å². The van der Waals surface area contributed by atoms with E-state index >= 15 is 0 Å². The molecule has 0 saturated heterocycles. The quantitative estimate of drug-likeness (QED) is 0.863. The Morgan fingerprint density at radius 2 is 2.10 bits per heavy atom. The van der Waals surface area contributed by atoms with E-state index in [2.05, 4.69) is 12.2 Å². The SMILES string of the molecule is CCc1ccc(C(=O)NC2CCC(C)C2)cc1S(=O)(=O)Cl. The molecule has 0 spiro atoms. The summed E-state index contributed by atoms with van der Waals surface area (Å²) < 4.78 is 23.2. The van der Waals surface area contributed by atoms with Crippen LogP contribution in [0.1, 0.15) is 49.0 Å². The summed E-state index contributed by atoms with van der Waals surface area (Å²) in [5, 5.41) is 2.96. The number of benzene rings is 1. The van der Waals surface area contributed by atoms with E-state index in [1.807, 2.05) is 6.92 Å². The number of rotatable bonds is 4. The molecule has 21 heavy (non-hydrogen) atoms. The summed E-state index contributed by atoms with van der Waals surface area (Å²) in [6, 6.07) is 4.85. The lowest BCUT2D eigenvalue weighted by Crippen LogP contribution is -2.33. The largest absolute Gasteiger partial charge is 0.349 e. The summed E-state index contributed by atoms with van der Waals surface area (Å²) in [6.07, 6.45) is 3.60. The van der Waals surface area contributed by atoms with Crippen LogP contribution in [0.25, 0.3) is 0 Å². The van der Waals surface area contributed by atoms with E-state index in [-0.39, 0.29) is 16.8 Å². The van der Waals surface area contributed by atoms with Gasteiger partial charge in [-0.25, -0.2) is 8.42 Å². The van der Waals surface area contributed by atoms with Gasteiger partial charge in [0.2, 0.25) is 0 Å². The Balaban J connectivity index is 2.22. The average Bonchev–Trinajstić information content (AvgIpc) is 2.82. The molecule has 0 bridgehead atoms. The molecule has 2 rings (SSSR count). The number of hydrogen-bond donors (Lipinski definition) is 1. The van der Waals surface area contributed by atoms with E-state index < -0.39 is 9.05 Å². The average molecular weight is 330 g/mol. The lowest BCUT2D eigenvalue weighted by atomic mass is 10.1. The molecule has 116 valence electrons. The van der Waals surface area contributed by atoms with Gasteiger partial charge in [-0.05, 0) is 49.3 Å². The number of hydrogen-bond acceptors (Lipinski definition) is 3. The Bertz CT molecular complexity index is 642. The maximum Gasteiger partial charge on any atom is 0.261 e. The van der Waals surface area contributed by atoms with Crippen LogP contribution in [0.3, 0.4) is 0 Å². The van der Waals surface area contributed by atoms with Crippen molar-refractivity contribution < 1.29 is 13.2 Å². The summed E-state index contributed by atoms with van der Waals surface area (Å²) in [5.41, 5.74) is 0.960. The van der Waals surface area contributed by atoms with Gasteiger partial charge in [-0.1, -0.05) is 19.9 Å². The van der Waals surface area contributed by atoms with Gasteiger partial charge in [-0.15, -0.1) is 0 Å². The first kappa shape index (κ1) is 16.3. The summed E-state index contributed by atoms with van der Waals surface area (Å²) in [6.45, 7) is 4.01.